The van der Waals surface area contributed by atoms with Gasteiger partial charge in [0.05, 0.1) is 6.54 Å². The van der Waals surface area contributed by atoms with Crippen LogP contribution in [0.5, 0.6) is 0 Å². The Morgan fingerprint density at radius 2 is 2.47 bits per heavy atom. The maximum Gasteiger partial charge on any atom is 0.185 e. The molecular formula is C9H6ClN3S2. The highest BCUT2D eigenvalue weighted by atomic mass is 35.5. The van der Waals surface area contributed by atoms with Crippen molar-refractivity contribution in [2.45, 2.75) is 6.54 Å². The van der Waals surface area contributed by atoms with Crippen LogP contribution < -0.4 is 5.32 Å². The summed E-state index contributed by atoms with van der Waals surface area (Å²) in [4.78, 5) is 5.71. The van der Waals surface area contributed by atoms with Gasteiger partial charge in [-0.1, -0.05) is 29.0 Å². The predicted octanol–water partition coefficient (Wildman–Crippen LogP) is 3.34. The maximum atomic E-state index is 8.69. The van der Waals surface area contributed by atoms with E-state index in [1.54, 1.807) is 11.3 Å². The van der Waals surface area contributed by atoms with Gasteiger partial charge in [0, 0.05) is 4.88 Å². The van der Waals surface area contributed by atoms with Crippen LogP contribution >= 0.6 is 34.3 Å². The van der Waals surface area contributed by atoms with Gasteiger partial charge in [-0.25, -0.2) is 4.98 Å². The summed E-state index contributed by atoms with van der Waals surface area (Å²) in [6.45, 7) is 0.715. The van der Waals surface area contributed by atoms with Crippen LogP contribution in [0.3, 0.4) is 0 Å². The van der Waals surface area contributed by atoms with Crippen molar-refractivity contribution in [3.63, 3.8) is 0 Å². The van der Waals surface area contributed by atoms with Gasteiger partial charge in [-0.2, -0.15) is 5.26 Å². The monoisotopic (exact) mass is 255 g/mol. The Bertz CT molecular complexity index is 484. The fraction of sp³-hybridized carbons (Fsp3) is 0.111. The summed E-state index contributed by atoms with van der Waals surface area (Å²) in [6, 6.07) is 6.03. The van der Waals surface area contributed by atoms with E-state index < -0.39 is 0 Å². The Balaban J connectivity index is 2.03. The number of anilines is 1. The molecular weight excluding hydrogens is 250 g/mol. The van der Waals surface area contributed by atoms with E-state index >= 15 is 0 Å². The SMILES string of the molecule is N#Cc1sc(NCc2cccs2)nc1Cl. The van der Waals surface area contributed by atoms with E-state index in [9.17, 15) is 0 Å². The molecule has 2 heterocycles. The second-order valence-corrected chi connectivity index (χ2v) is 5.07. The molecule has 0 saturated carbocycles. The van der Waals surface area contributed by atoms with Crippen LogP contribution in [0, 0.1) is 11.3 Å². The second-order valence-electron chi connectivity index (χ2n) is 2.68. The molecule has 0 aliphatic heterocycles. The topological polar surface area (TPSA) is 48.7 Å². The molecule has 0 spiro atoms. The van der Waals surface area contributed by atoms with Crippen molar-refractivity contribution >= 4 is 39.4 Å². The molecule has 6 heteroatoms. The zero-order chi connectivity index (χ0) is 10.7. The Kier molecular flexibility index (Phi) is 3.21. The van der Waals surface area contributed by atoms with Gasteiger partial charge in [0.15, 0.2) is 10.3 Å². The highest BCUT2D eigenvalue weighted by Gasteiger charge is 2.07. The van der Waals surface area contributed by atoms with E-state index in [1.165, 1.54) is 16.2 Å². The highest BCUT2D eigenvalue weighted by Crippen LogP contribution is 2.26. The number of nitriles is 1. The first-order chi connectivity index (χ1) is 7.29. The number of hydrogen-bond acceptors (Lipinski definition) is 5. The molecule has 2 rings (SSSR count). The summed E-state index contributed by atoms with van der Waals surface area (Å²) in [6.07, 6.45) is 0. The van der Waals surface area contributed by atoms with Crippen LogP contribution in [0.25, 0.3) is 0 Å². The van der Waals surface area contributed by atoms with Crippen molar-refractivity contribution in [3.8, 4) is 6.07 Å². The molecule has 2 aromatic heterocycles. The van der Waals surface area contributed by atoms with E-state index in [-0.39, 0.29) is 5.15 Å². The van der Waals surface area contributed by atoms with Gasteiger partial charge in [0.2, 0.25) is 0 Å². The average Bonchev–Trinajstić information content (AvgIpc) is 2.83. The van der Waals surface area contributed by atoms with E-state index in [0.717, 1.165) is 0 Å². The Hall–Kier alpha value is -1.09. The summed E-state index contributed by atoms with van der Waals surface area (Å²) in [5.41, 5.74) is 0. The van der Waals surface area contributed by atoms with Crippen LogP contribution in [0.15, 0.2) is 17.5 Å². The highest BCUT2D eigenvalue weighted by molar-refractivity contribution is 7.16. The molecule has 0 aliphatic rings. The number of thiophene rings is 1. The molecule has 0 amide bonds. The Morgan fingerprint density at radius 1 is 1.60 bits per heavy atom. The van der Waals surface area contributed by atoms with E-state index in [4.69, 9.17) is 16.9 Å². The summed E-state index contributed by atoms with van der Waals surface area (Å²) in [5, 5.41) is 14.8. The molecule has 0 saturated heterocycles. The fourth-order valence-electron chi connectivity index (χ4n) is 1.02. The third kappa shape index (κ3) is 2.48. The Morgan fingerprint density at radius 3 is 3.07 bits per heavy atom. The first-order valence-electron chi connectivity index (χ1n) is 4.12. The number of halogens is 1. The quantitative estimate of drug-likeness (QED) is 0.915. The third-order valence-electron chi connectivity index (χ3n) is 1.68. The van der Waals surface area contributed by atoms with Crippen molar-refractivity contribution in [1.82, 2.24) is 4.98 Å². The molecule has 15 heavy (non-hydrogen) atoms. The first-order valence-corrected chi connectivity index (χ1v) is 6.19. The molecule has 0 aliphatic carbocycles. The average molecular weight is 256 g/mol. The summed E-state index contributed by atoms with van der Waals surface area (Å²) in [5.74, 6) is 0. The van der Waals surface area contributed by atoms with Gasteiger partial charge >= 0.3 is 0 Å². The minimum absolute atomic E-state index is 0.274. The second kappa shape index (κ2) is 4.62. The number of aromatic nitrogens is 1. The molecule has 0 atom stereocenters. The lowest BCUT2D eigenvalue weighted by Crippen LogP contribution is -1.95. The molecule has 0 bridgehead atoms. The molecule has 0 fully saturated rings. The van der Waals surface area contributed by atoms with Crippen molar-refractivity contribution < 1.29 is 0 Å². The lowest BCUT2D eigenvalue weighted by molar-refractivity contribution is 1.17. The zero-order valence-electron chi connectivity index (χ0n) is 7.53. The minimum Gasteiger partial charge on any atom is -0.357 e. The number of hydrogen-bond donors (Lipinski definition) is 1. The molecule has 2 aromatic rings. The molecule has 0 aromatic carbocycles. The lowest BCUT2D eigenvalue weighted by Gasteiger charge is -1.97. The Labute approximate surface area is 100.0 Å². The predicted molar refractivity (Wildman–Crippen MR) is 63.5 cm³/mol. The van der Waals surface area contributed by atoms with Crippen LogP contribution in [0.4, 0.5) is 5.13 Å². The molecule has 0 radical (unpaired) electrons. The van der Waals surface area contributed by atoms with Gasteiger partial charge in [-0.05, 0) is 11.4 Å². The first kappa shape index (κ1) is 10.4. The van der Waals surface area contributed by atoms with Crippen LogP contribution in [-0.4, -0.2) is 4.98 Å². The minimum atomic E-state index is 0.274. The lowest BCUT2D eigenvalue weighted by atomic mass is 10.5. The molecule has 1 N–H and O–H groups in total. The largest absolute Gasteiger partial charge is 0.357 e. The zero-order valence-corrected chi connectivity index (χ0v) is 9.92. The number of nitrogens with zero attached hydrogens (tertiary/aromatic N) is 2. The van der Waals surface area contributed by atoms with Crippen molar-refractivity contribution in [1.29, 1.82) is 5.26 Å². The molecule has 76 valence electrons. The normalized spacial score (nSPS) is 9.87. The van der Waals surface area contributed by atoms with E-state index in [1.807, 2.05) is 23.6 Å². The summed E-state index contributed by atoms with van der Waals surface area (Å²) in [7, 11) is 0. The third-order valence-corrected chi connectivity index (χ3v) is 3.86. The van der Waals surface area contributed by atoms with Crippen LogP contribution in [0.2, 0.25) is 5.15 Å². The van der Waals surface area contributed by atoms with E-state index in [0.29, 0.717) is 16.6 Å². The van der Waals surface area contributed by atoms with Gasteiger partial charge in [0.1, 0.15) is 10.9 Å². The smallest absolute Gasteiger partial charge is 0.185 e. The number of thiazole rings is 1. The van der Waals surface area contributed by atoms with E-state index in [2.05, 4.69) is 10.3 Å². The van der Waals surface area contributed by atoms with Crippen molar-refractivity contribution in [2.24, 2.45) is 0 Å². The van der Waals surface area contributed by atoms with Crippen LogP contribution in [0.1, 0.15) is 9.75 Å². The molecule has 0 unspecified atom stereocenters. The number of rotatable bonds is 3. The van der Waals surface area contributed by atoms with Crippen molar-refractivity contribution in [2.75, 3.05) is 5.32 Å². The van der Waals surface area contributed by atoms with Crippen molar-refractivity contribution in [3.05, 3.63) is 32.4 Å². The maximum absolute atomic E-state index is 8.69. The van der Waals surface area contributed by atoms with Crippen LogP contribution in [-0.2, 0) is 6.54 Å². The van der Waals surface area contributed by atoms with Gasteiger partial charge in [-0.15, -0.1) is 11.3 Å². The number of nitrogens with one attached hydrogen (secondary N) is 1. The molecule has 3 nitrogen and oxygen atoms in total. The standard InChI is InChI=1S/C9H6ClN3S2/c10-8-7(4-11)15-9(13-8)12-5-6-2-1-3-14-6/h1-3H,5H2,(H,12,13). The fourth-order valence-corrected chi connectivity index (χ4v) is 2.61. The summed E-state index contributed by atoms with van der Waals surface area (Å²) < 4.78 is 0. The summed E-state index contributed by atoms with van der Waals surface area (Å²) >= 11 is 8.69. The van der Waals surface area contributed by atoms with Gasteiger partial charge in [0.25, 0.3) is 0 Å². The van der Waals surface area contributed by atoms with Gasteiger partial charge in [-0.3, -0.25) is 0 Å². The van der Waals surface area contributed by atoms with Gasteiger partial charge < -0.3 is 5.32 Å².